The van der Waals surface area contributed by atoms with Crippen molar-refractivity contribution in [1.29, 1.82) is 0 Å². The molecule has 0 bridgehead atoms. The maximum absolute atomic E-state index is 13.0. The third-order valence-electron chi connectivity index (χ3n) is 2.13. The van der Waals surface area contributed by atoms with Crippen molar-refractivity contribution in [3.63, 3.8) is 0 Å². The number of thiol groups is 1. The lowest BCUT2D eigenvalue weighted by molar-refractivity contribution is 0.0163. The van der Waals surface area contributed by atoms with E-state index in [1.807, 2.05) is 0 Å². The molecule has 2 unspecified atom stereocenters. The first-order chi connectivity index (χ1) is 7.47. The van der Waals surface area contributed by atoms with Gasteiger partial charge in [-0.25, -0.2) is 4.39 Å². The van der Waals surface area contributed by atoms with Crippen LogP contribution >= 0.6 is 44.5 Å². The normalized spacial score (nSPS) is 14.9. The molecule has 6 heteroatoms. The highest BCUT2D eigenvalue weighted by atomic mass is 79.9. The van der Waals surface area contributed by atoms with E-state index in [9.17, 15) is 14.6 Å². The van der Waals surface area contributed by atoms with Gasteiger partial charge < -0.3 is 10.2 Å². The van der Waals surface area contributed by atoms with Crippen molar-refractivity contribution >= 4 is 44.5 Å². The number of benzene rings is 1. The van der Waals surface area contributed by atoms with Crippen LogP contribution in [0, 0.1) is 5.82 Å². The summed E-state index contributed by atoms with van der Waals surface area (Å²) in [7, 11) is 0. The molecule has 0 amide bonds. The summed E-state index contributed by atoms with van der Waals surface area (Å²) in [5, 5.41) is 19.6. The highest BCUT2D eigenvalue weighted by Crippen LogP contribution is 2.34. The van der Waals surface area contributed by atoms with Gasteiger partial charge in [-0.3, -0.25) is 0 Å². The van der Waals surface area contributed by atoms with Crippen LogP contribution in [0.2, 0.25) is 0 Å². The Bertz CT molecular complexity index is 353. The molecule has 0 saturated carbocycles. The lowest BCUT2D eigenvalue weighted by Crippen LogP contribution is -2.19. The molecule has 0 spiro atoms. The fourth-order valence-electron chi connectivity index (χ4n) is 1.32. The molecule has 0 saturated heterocycles. The van der Waals surface area contributed by atoms with Gasteiger partial charge >= 0.3 is 0 Å². The molecule has 0 heterocycles. The molecule has 2 nitrogen and oxygen atoms in total. The van der Waals surface area contributed by atoms with Crippen LogP contribution < -0.4 is 0 Å². The topological polar surface area (TPSA) is 40.5 Å². The molecule has 1 aromatic rings. The van der Waals surface area contributed by atoms with E-state index in [0.717, 1.165) is 0 Å². The standard InChI is InChI=1S/C10H11Br2FO2S/c11-6-3-5(13)4-7(12)9(6)10(15)8(14)1-2-16/h3-4,8,10,14-16H,1-2H2. The number of hydrogen-bond acceptors (Lipinski definition) is 3. The van der Waals surface area contributed by atoms with E-state index in [1.165, 1.54) is 12.1 Å². The van der Waals surface area contributed by atoms with Gasteiger partial charge in [0.25, 0.3) is 0 Å². The Labute approximate surface area is 116 Å². The van der Waals surface area contributed by atoms with Gasteiger partial charge in [-0.15, -0.1) is 0 Å². The minimum Gasteiger partial charge on any atom is -0.390 e. The molecular formula is C10H11Br2FO2S. The summed E-state index contributed by atoms with van der Waals surface area (Å²) in [5.41, 5.74) is 0.440. The highest BCUT2D eigenvalue weighted by molar-refractivity contribution is 9.11. The van der Waals surface area contributed by atoms with Crippen molar-refractivity contribution in [3.8, 4) is 0 Å². The highest BCUT2D eigenvalue weighted by Gasteiger charge is 2.23. The van der Waals surface area contributed by atoms with E-state index in [4.69, 9.17) is 0 Å². The maximum atomic E-state index is 13.0. The Morgan fingerprint density at radius 2 is 1.75 bits per heavy atom. The summed E-state index contributed by atoms with van der Waals surface area (Å²) in [5.74, 6) is 0.0488. The maximum Gasteiger partial charge on any atom is 0.125 e. The SMILES string of the molecule is OC(CCS)C(O)c1c(Br)cc(F)cc1Br. The van der Waals surface area contributed by atoms with Crippen molar-refractivity contribution in [1.82, 2.24) is 0 Å². The zero-order valence-electron chi connectivity index (χ0n) is 8.20. The first-order valence-corrected chi connectivity index (χ1v) is 6.80. The third-order valence-corrected chi connectivity index (χ3v) is 3.70. The van der Waals surface area contributed by atoms with Crippen LogP contribution in [0.1, 0.15) is 18.1 Å². The lowest BCUT2D eigenvalue weighted by atomic mass is 10.0. The summed E-state index contributed by atoms with van der Waals surface area (Å²) < 4.78 is 13.8. The van der Waals surface area contributed by atoms with E-state index in [2.05, 4.69) is 44.5 Å². The molecule has 2 N–H and O–H groups in total. The van der Waals surface area contributed by atoms with Crippen LogP contribution in [0.25, 0.3) is 0 Å². The predicted molar refractivity (Wildman–Crippen MR) is 71.2 cm³/mol. The molecule has 0 radical (unpaired) electrons. The van der Waals surface area contributed by atoms with E-state index < -0.39 is 18.0 Å². The van der Waals surface area contributed by atoms with Crippen LogP contribution in [0.3, 0.4) is 0 Å². The van der Waals surface area contributed by atoms with Crippen molar-refractivity contribution < 1.29 is 14.6 Å². The van der Waals surface area contributed by atoms with Gasteiger partial charge in [0.15, 0.2) is 0 Å². The summed E-state index contributed by atoms with van der Waals surface area (Å²) >= 11 is 10.3. The van der Waals surface area contributed by atoms with Gasteiger partial charge in [0.2, 0.25) is 0 Å². The smallest absolute Gasteiger partial charge is 0.125 e. The average Bonchev–Trinajstić information content (AvgIpc) is 2.16. The van der Waals surface area contributed by atoms with Gasteiger partial charge in [0, 0.05) is 14.5 Å². The number of hydrogen-bond donors (Lipinski definition) is 3. The summed E-state index contributed by atoms with van der Waals surface area (Å²) in [4.78, 5) is 0. The molecule has 0 aliphatic carbocycles. The molecule has 90 valence electrons. The minimum atomic E-state index is -1.07. The van der Waals surface area contributed by atoms with Crippen LogP contribution in [-0.2, 0) is 0 Å². The number of halogens is 3. The zero-order chi connectivity index (χ0) is 12.3. The third kappa shape index (κ3) is 3.43. The zero-order valence-corrected chi connectivity index (χ0v) is 12.3. The molecule has 1 aromatic carbocycles. The summed E-state index contributed by atoms with van der Waals surface area (Å²) in [6.45, 7) is 0. The molecule has 1 rings (SSSR count). The van der Waals surface area contributed by atoms with E-state index in [-0.39, 0.29) is 0 Å². The van der Waals surface area contributed by atoms with Gasteiger partial charge in [-0.05, 0) is 24.3 Å². The number of rotatable bonds is 4. The Balaban J connectivity index is 3.03. The molecule has 16 heavy (non-hydrogen) atoms. The van der Waals surface area contributed by atoms with Crippen molar-refractivity contribution in [2.45, 2.75) is 18.6 Å². The van der Waals surface area contributed by atoms with Crippen LogP contribution in [-0.4, -0.2) is 22.1 Å². The number of aliphatic hydroxyl groups is 2. The molecule has 2 atom stereocenters. The molecule has 0 aromatic heterocycles. The predicted octanol–water partition coefficient (Wildman–Crippen LogP) is 3.06. The van der Waals surface area contributed by atoms with Gasteiger partial charge in [-0.1, -0.05) is 31.9 Å². The lowest BCUT2D eigenvalue weighted by Gasteiger charge is -2.20. The van der Waals surface area contributed by atoms with E-state index in [0.29, 0.717) is 26.7 Å². The fraction of sp³-hybridized carbons (Fsp3) is 0.400. The van der Waals surface area contributed by atoms with Gasteiger partial charge in [0.1, 0.15) is 11.9 Å². The van der Waals surface area contributed by atoms with Crippen LogP contribution in [0.15, 0.2) is 21.1 Å². The second-order valence-corrected chi connectivity index (χ2v) is 5.46. The number of aliphatic hydroxyl groups excluding tert-OH is 2. The first kappa shape index (κ1) is 14.4. The van der Waals surface area contributed by atoms with Gasteiger partial charge in [0.05, 0.1) is 6.10 Å². The van der Waals surface area contributed by atoms with Crippen molar-refractivity contribution in [2.75, 3.05) is 5.75 Å². The van der Waals surface area contributed by atoms with E-state index >= 15 is 0 Å². The molecule has 0 aliphatic heterocycles. The average molecular weight is 374 g/mol. The first-order valence-electron chi connectivity index (χ1n) is 4.58. The summed E-state index contributed by atoms with van der Waals surface area (Å²) in [6.07, 6.45) is -1.63. The summed E-state index contributed by atoms with van der Waals surface area (Å²) in [6, 6.07) is 2.49. The largest absolute Gasteiger partial charge is 0.390 e. The Morgan fingerprint density at radius 3 is 2.19 bits per heavy atom. The Kier molecular flexibility index (Phi) is 5.73. The Morgan fingerprint density at radius 1 is 1.25 bits per heavy atom. The molecule has 0 fully saturated rings. The van der Waals surface area contributed by atoms with Crippen LogP contribution in [0.4, 0.5) is 4.39 Å². The van der Waals surface area contributed by atoms with Crippen LogP contribution in [0.5, 0.6) is 0 Å². The van der Waals surface area contributed by atoms with E-state index in [1.54, 1.807) is 0 Å². The molecule has 0 aliphatic rings. The fourth-order valence-corrected chi connectivity index (χ4v) is 3.18. The quantitative estimate of drug-likeness (QED) is 0.710. The molecular weight excluding hydrogens is 363 g/mol. The second-order valence-electron chi connectivity index (χ2n) is 3.31. The van der Waals surface area contributed by atoms with Crippen molar-refractivity contribution in [3.05, 3.63) is 32.5 Å². The monoisotopic (exact) mass is 372 g/mol. The van der Waals surface area contributed by atoms with Gasteiger partial charge in [-0.2, -0.15) is 12.6 Å². The van der Waals surface area contributed by atoms with Crippen molar-refractivity contribution in [2.24, 2.45) is 0 Å². The second kappa shape index (κ2) is 6.35. The minimum absolute atomic E-state index is 0.362. The Hall–Kier alpha value is 0.380.